The Morgan fingerprint density at radius 3 is 2.45 bits per heavy atom. The second kappa shape index (κ2) is 5.25. The van der Waals surface area contributed by atoms with E-state index in [2.05, 4.69) is 4.98 Å². The van der Waals surface area contributed by atoms with E-state index in [-0.39, 0.29) is 16.9 Å². The third kappa shape index (κ3) is 2.26. The number of fused-ring (bicyclic) bond motifs is 1. The van der Waals surface area contributed by atoms with Gasteiger partial charge in [0.15, 0.2) is 0 Å². The van der Waals surface area contributed by atoms with Crippen LogP contribution in [0.4, 0.5) is 5.69 Å². The molecule has 0 radical (unpaired) electrons. The Hall–Kier alpha value is -3.28. The van der Waals surface area contributed by atoms with E-state index in [1.807, 2.05) is 30.3 Å². The number of hydrogen-bond acceptors (Lipinski definition) is 4. The molecule has 22 heavy (non-hydrogen) atoms. The molecule has 3 aromatic rings. The lowest BCUT2D eigenvalue weighted by molar-refractivity contribution is -0.383. The average Bonchev–Trinajstić information content (AvgIpc) is 2.53. The highest BCUT2D eigenvalue weighted by molar-refractivity contribution is 6.02. The number of nitro groups is 1. The van der Waals surface area contributed by atoms with Crippen LogP contribution in [0.1, 0.15) is 10.5 Å². The molecule has 0 spiro atoms. The van der Waals surface area contributed by atoms with Gasteiger partial charge in [-0.1, -0.05) is 42.5 Å². The third-order valence-corrected chi connectivity index (χ3v) is 3.32. The maximum atomic E-state index is 11.3. The lowest BCUT2D eigenvalue weighted by Crippen LogP contribution is -2.03. The smallest absolute Gasteiger partial charge is 0.354 e. The van der Waals surface area contributed by atoms with Gasteiger partial charge < -0.3 is 5.11 Å². The molecule has 0 saturated carbocycles. The number of para-hydroxylation sites is 1. The van der Waals surface area contributed by atoms with Gasteiger partial charge in [-0.25, -0.2) is 9.78 Å². The largest absolute Gasteiger partial charge is 0.477 e. The van der Waals surface area contributed by atoms with Gasteiger partial charge in [-0.15, -0.1) is 0 Å². The molecule has 0 aliphatic carbocycles. The molecule has 1 N–H and O–H groups in total. The fourth-order valence-electron chi connectivity index (χ4n) is 2.35. The number of carboxylic acids is 1. The maximum Gasteiger partial charge on any atom is 0.354 e. The molecule has 1 heterocycles. The predicted octanol–water partition coefficient (Wildman–Crippen LogP) is 3.51. The number of nitro benzene ring substituents is 1. The van der Waals surface area contributed by atoms with Crippen molar-refractivity contribution < 1.29 is 14.8 Å². The number of nitrogens with zero attached hydrogens (tertiary/aromatic N) is 2. The van der Waals surface area contributed by atoms with Crippen LogP contribution >= 0.6 is 0 Å². The van der Waals surface area contributed by atoms with Crippen molar-refractivity contribution in [3.63, 3.8) is 0 Å². The van der Waals surface area contributed by atoms with Crippen molar-refractivity contribution in [1.29, 1.82) is 0 Å². The minimum absolute atomic E-state index is 0.0752. The molecule has 6 nitrogen and oxygen atoms in total. The first-order valence-electron chi connectivity index (χ1n) is 6.45. The zero-order chi connectivity index (χ0) is 15.7. The van der Waals surface area contributed by atoms with E-state index in [9.17, 15) is 20.0 Å². The Balaban J connectivity index is 2.43. The molecule has 0 unspecified atom stereocenters. The van der Waals surface area contributed by atoms with E-state index >= 15 is 0 Å². The van der Waals surface area contributed by atoms with E-state index in [0.717, 1.165) is 5.56 Å². The summed E-state index contributed by atoms with van der Waals surface area (Å²) in [5.74, 6) is -1.22. The van der Waals surface area contributed by atoms with Crippen molar-refractivity contribution >= 4 is 22.6 Å². The summed E-state index contributed by atoms with van der Waals surface area (Å²) < 4.78 is 0. The number of hydrogen-bond donors (Lipinski definition) is 1. The van der Waals surface area contributed by atoms with Crippen molar-refractivity contribution in [2.45, 2.75) is 0 Å². The van der Waals surface area contributed by atoms with Crippen LogP contribution in [0.25, 0.3) is 22.0 Å². The molecular formula is C16H10N2O4. The number of benzene rings is 2. The first-order valence-corrected chi connectivity index (χ1v) is 6.45. The normalized spacial score (nSPS) is 10.5. The van der Waals surface area contributed by atoms with Gasteiger partial charge >= 0.3 is 5.97 Å². The van der Waals surface area contributed by atoms with Gasteiger partial charge in [-0.05, 0) is 17.2 Å². The molecule has 0 saturated heterocycles. The first-order chi connectivity index (χ1) is 10.6. The van der Waals surface area contributed by atoms with Crippen LogP contribution in [-0.2, 0) is 0 Å². The lowest BCUT2D eigenvalue weighted by atomic mass is 9.99. The number of carbonyl (C=O) groups is 1. The Morgan fingerprint density at radius 1 is 1.09 bits per heavy atom. The SMILES string of the molecule is O=C(O)c1cc(-c2ccccc2)c2cccc([N+](=O)[O-])c2n1. The van der Waals surface area contributed by atoms with Crippen LogP contribution < -0.4 is 0 Å². The second-order valence-corrected chi connectivity index (χ2v) is 4.66. The molecule has 2 aromatic carbocycles. The molecule has 0 bridgehead atoms. The Labute approximate surface area is 124 Å². The van der Waals surface area contributed by atoms with Crippen LogP contribution in [0.2, 0.25) is 0 Å². The van der Waals surface area contributed by atoms with Crippen LogP contribution in [0.5, 0.6) is 0 Å². The first kappa shape index (κ1) is 13.7. The van der Waals surface area contributed by atoms with E-state index in [4.69, 9.17) is 0 Å². The summed E-state index contributed by atoms with van der Waals surface area (Å²) in [4.78, 5) is 25.8. The Kier molecular flexibility index (Phi) is 3.27. The molecule has 1 aromatic heterocycles. The van der Waals surface area contributed by atoms with Crippen molar-refractivity contribution in [2.24, 2.45) is 0 Å². The average molecular weight is 294 g/mol. The number of aromatic carboxylic acids is 1. The molecule has 0 amide bonds. The number of aromatic nitrogens is 1. The van der Waals surface area contributed by atoms with Gasteiger partial charge in [0.25, 0.3) is 5.69 Å². The molecule has 3 rings (SSSR count). The minimum Gasteiger partial charge on any atom is -0.477 e. The van der Waals surface area contributed by atoms with E-state index in [1.54, 1.807) is 12.1 Å². The topological polar surface area (TPSA) is 93.3 Å². The summed E-state index contributed by atoms with van der Waals surface area (Å²) in [6.45, 7) is 0. The Bertz CT molecular complexity index is 891. The van der Waals surface area contributed by atoms with Gasteiger partial charge in [0.1, 0.15) is 11.2 Å². The fourth-order valence-corrected chi connectivity index (χ4v) is 2.35. The van der Waals surface area contributed by atoms with Crippen LogP contribution in [0.3, 0.4) is 0 Å². The summed E-state index contributed by atoms with van der Waals surface area (Å²) in [6.07, 6.45) is 0. The molecule has 0 aliphatic heterocycles. The number of rotatable bonds is 3. The monoisotopic (exact) mass is 294 g/mol. The summed E-state index contributed by atoms with van der Waals surface area (Å²) in [7, 11) is 0. The molecule has 0 atom stereocenters. The summed E-state index contributed by atoms with van der Waals surface area (Å²) >= 11 is 0. The molecule has 6 heteroatoms. The zero-order valence-electron chi connectivity index (χ0n) is 11.3. The van der Waals surface area contributed by atoms with E-state index < -0.39 is 10.9 Å². The number of carboxylic acid groups (broad SMARTS) is 1. The summed E-state index contributed by atoms with van der Waals surface area (Å²) in [5, 5.41) is 20.9. The predicted molar refractivity (Wildman–Crippen MR) is 80.8 cm³/mol. The second-order valence-electron chi connectivity index (χ2n) is 4.66. The van der Waals surface area contributed by atoms with Crippen molar-refractivity contribution in [3.05, 3.63) is 70.4 Å². The fraction of sp³-hybridized carbons (Fsp3) is 0. The summed E-state index contributed by atoms with van der Waals surface area (Å²) in [6, 6.07) is 15.1. The van der Waals surface area contributed by atoms with Crippen molar-refractivity contribution in [1.82, 2.24) is 4.98 Å². The molecular weight excluding hydrogens is 284 g/mol. The Morgan fingerprint density at radius 2 is 1.82 bits per heavy atom. The van der Waals surface area contributed by atoms with Crippen molar-refractivity contribution in [2.75, 3.05) is 0 Å². The zero-order valence-corrected chi connectivity index (χ0v) is 11.3. The highest BCUT2D eigenvalue weighted by atomic mass is 16.6. The van der Waals surface area contributed by atoms with Gasteiger partial charge in [0.2, 0.25) is 0 Å². The van der Waals surface area contributed by atoms with Gasteiger partial charge in [-0.3, -0.25) is 10.1 Å². The van der Waals surface area contributed by atoms with Crippen molar-refractivity contribution in [3.8, 4) is 11.1 Å². The lowest BCUT2D eigenvalue weighted by Gasteiger charge is -2.08. The van der Waals surface area contributed by atoms with Crippen LogP contribution in [-0.4, -0.2) is 21.0 Å². The molecule has 0 aliphatic rings. The molecule has 108 valence electrons. The number of non-ortho nitro benzene ring substituents is 1. The highest BCUT2D eigenvalue weighted by Crippen LogP contribution is 2.32. The summed E-state index contributed by atoms with van der Waals surface area (Å²) in [5.41, 5.74) is 1.02. The third-order valence-electron chi connectivity index (χ3n) is 3.32. The quantitative estimate of drug-likeness (QED) is 0.589. The molecule has 0 fully saturated rings. The minimum atomic E-state index is -1.22. The van der Waals surface area contributed by atoms with E-state index in [1.165, 1.54) is 12.1 Å². The van der Waals surface area contributed by atoms with Gasteiger partial charge in [0.05, 0.1) is 4.92 Å². The van der Waals surface area contributed by atoms with Gasteiger partial charge in [0, 0.05) is 11.5 Å². The number of pyridine rings is 1. The maximum absolute atomic E-state index is 11.3. The standard InChI is InChI=1S/C16H10N2O4/c19-16(20)13-9-12(10-5-2-1-3-6-10)11-7-4-8-14(18(21)22)15(11)17-13/h1-9H,(H,19,20). The highest BCUT2D eigenvalue weighted by Gasteiger charge is 2.19. The van der Waals surface area contributed by atoms with Crippen LogP contribution in [0.15, 0.2) is 54.6 Å². The van der Waals surface area contributed by atoms with E-state index in [0.29, 0.717) is 10.9 Å². The van der Waals surface area contributed by atoms with Gasteiger partial charge in [-0.2, -0.15) is 0 Å². The van der Waals surface area contributed by atoms with Crippen LogP contribution in [0, 0.1) is 10.1 Å².